The molecule has 0 fully saturated rings. The van der Waals surface area contributed by atoms with Gasteiger partial charge < -0.3 is 29.7 Å². The molecule has 36 heavy (non-hydrogen) atoms. The number of para-hydroxylation sites is 2. The number of nitrogens with one attached hydrogen (secondary N) is 1. The molecule has 0 bridgehead atoms. The lowest BCUT2D eigenvalue weighted by molar-refractivity contribution is -0.123. The fourth-order valence-corrected chi connectivity index (χ4v) is 4.88. The van der Waals surface area contributed by atoms with Crippen molar-refractivity contribution in [2.45, 2.75) is 39.2 Å². The second kappa shape index (κ2) is 8.15. The first kappa shape index (κ1) is 23.5. The van der Waals surface area contributed by atoms with Gasteiger partial charge in [0.2, 0.25) is 0 Å². The van der Waals surface area contributed by atoms with Crippen LogP contribution in [0.1, 0.15) is 42.3 Å². The topological polar surface area (TPSA) is 131 Å². The zero-order valence-corrected chi connectivity index (χ0v) is 20.2. The summed E-state index contributed by atoms with van der Waals surface area (Å²) in [6.07, 6.45) is 0.836. The number of ether oxygens (including phenoxy) is 3. The highest BCUT2D eigenvalue weighted by molar-refractivity contribution is 6.31. The molecule has 2 heterocycles. The van der Waals surface area contributed by atoms with Gasteiger partial charge in [0.05, 0.1) is 17.7 Å². The summed E-state index contributed by atoms with van der Waals surface area (Å²) in [5.41, 5.74) is -1.37. The van der Waals surface area contributed by atoms with E-state index < -0.39 is 28.5 Å². The predicted molar refractivity (Wildman–Crippen MR) is 128 cm³/mol. The molecular formula is C27H25NO8. The third kappa shape index (κ3) is 3.26. The molecular weight excluding hydrogens is 466 g/mol. The van der Waals surface area contributed by atoms with Crippen LogP contribution in [0.25, 0.3) is 0 Å². The highest BCUT2D eigenvalue weighted by atomic mass is 16.6. The van der Waals surface area contributed by atoms with Crippen molar-refractivity contribution in [3.05, 3.63) is 64.1 Å². The molecule has 2 aliphatic heterocycles. The largest absolute Gasteiger partial charge is 0.507 e. The van der Waals surface area contributed by atoms with E-state index in [4.69, 9.17) is 14.2 Å². The minimum Gasteiger partial charge on any atom is -0.507 e. The molecule has 5 rings (SSSR count). The van der Waals surface area contributed by atoms with Gasteiger partial charge in [-0.1, -0.05) is 12.1 Å². The van der Waals surface area contributed by atoms with E-state index in [0.29, 0.717) is 23.8 Å². The Morgan fingerprint density at radius 3 is 2.53 bits per heavy atom. The molecule has 2 aromatic carbocycles. The lowest BCUT2D eigenvalue weighted by Crippen LogP contribution is -2.42. The van der Waals surface area contributed by atoms with Crippen LogP contribution in [0.3, 0.4) is 0 Å². The summed E-state index contributed by atoms with van der Waals surface area (Å²) in [5.74, 6) is -1.31. The van der Waals surface area contributed by atoms with Gasteiger partial charge in [0.1, 0.15) is 46.7 Å². The van der Waals surface area contributed by atoms with E-state index in [1.807, 2.05) is 18.2 Å². The number of carbonyl (C=O) groups excluding carboxylic acids is 3. The van der Waals surface area contributed by atoms with Crippen molar-refractivity contribution in [1.29, 1.82) is 0 Å². The normalized spacial score (nSPS) is 23.3. The van der Waals surface area contributed by atoms with Crippen LogP contribution in [0, 0.1) is 6.92 Å². The number of phenolic OH excluding ortho intramolecular Hbond substituents is 2. The molecule has 0 saturated heterocycles. The first-order valence-corrected chi connectivity index (χ1v) is 11.5. The average molecular weight is 491 g/mol. The fourth-order valence-electron chi connectivity index (χ4n) is 4.88. The molecule has 3 N–H and O–H groups in total. The first-order chi connectivity index (χ1) is 17.1. The van der Waals surface area contributed by atoms with Gasteiger partial charge in [-0.15, -0.1) is 0 Å². The molecule has 186 valence electrons. The molecule has 2 aromatic rings. The quantitative estimate of drug-likeness (QED) is 0.335. The molecule has 0 radical (unpaired) electrons. The number of allylic oxidation sites excluding steroid dienone is 4. The standard InChI is InChI=1S/C27H25NO8/c1-12-23(31)21(14(3)29)25-22(24(12)32)27(4)19(36-25)9-16(30)20(26(27)33)13(2)28-10-15-11-34-17-7-5-6-8-18(17)35-15/h5-9,15,28,31-32H,10-11H2,1-4H3/b20-13+/t15-,27-/m0/s1. The predicted octanol–water partition coefficient (Wildman–Crippen LogP) is 3.00. The second-order valence-corrected chi connectivity index (χ2v) is 9.27. The van der Waals surface area contributed by atoms with Crippen molar-refractivity contribution in [1.82, 2.24) is 5.32 Å². The number of Topliss-reactive ketones (excluding diaryl/α,β-unsaturated/α-hetero) is 2. The Kier molecular flexibility index (Phi) is 5.31. The lowest BCUT2D eigenvalue weighted by atomic mass is 9.70. The summed E-state index contributed by atoms with van der Waals surface area (Å²) >= 11 is 0. The third-order valence-corrected chi connectivity index (χ3v) is 6.92. The summed E-state index contributed by atoms with van der Waals surface area (Å²) in [5, 5.41) is 24.5. The summed E-state index contributed by atoms with van der Waals surface area (Å²) in [6, 6.07) is 7.30. The van der Waals surface area contributed by atoms with Crippen LogP contribution in [-0.2, 0) is 15.0 Å². The maximum atomic E-state index is 13.8. The maximum absolute atomic E-state index is 13.8. The van der Waals surface area contributed by atoms with Crippen LogP contribution in [0.2, 0.25) is 0 Å². The molecule has 0 saturated carbocycles. The SMILES string of the molecule is CC(=O)c1c(O)c(C)c(O)c2c1OC1=CC(=O)/C(=C(/C)NC[C@H]3COc4ccccc4O3)C(=O)[C@@]12C. The van der Waals surface area contributed by atoms with Gasteiger partial charge in [0.15, 0.2) is 28.8 Å². The summed E-state index contributed by atoms with van der Waals surface area (Å²) < 4.78 is 17.4. The number of hydrogen-bond donors (Lipinski definition) is 3. The number of fused-ring (bicyclic) bond motifs is 4. The van der Waals surface area contributed by atoms with Crippen molar-refractivity contribution in [2.24, 2.45) is 0 Å². The van der Waals surface area contributed by atoms with E-state index in [0.717, 1.165) is 0 Å². The summed E-state index contributed by atoms with van der Waals surface area (Å²) in [7, 11) is 0. The van der Waals surface area contributed by atoms with Crippen molar-refractivity contribution >= 4 is 17.3 Å². The van der Waals surface area contributed by atoms with Crippen LogP contribution in [-0.4, -0.2) is 46.8 Å². The van der Waals surface area contributed by atoms with Gasteiger partial charge in [0.25, 0.3) is 0 Å². The van der Waals surface area contributed by atoms with Crippen molar-refractivity contribution in [3.63, 3.8) is 0 Å². The molecule has 2 atom stereocenters. The fraction of sp³-hybridized carbons (Fsp3) is 0.296. The van der Waals surface area contributed by atoms with Crippen LogP contribution < -0.4 is 19.5 Å². The average Bonchev–Trinajstić information content (AvgIpc) is 3.14. The second-order valence-electron chi connectivity index (χ2n) is 9.27. The molecule has 1 aliphatic carbocycles. The van der Waals surface area contributed by atoms with Gasteiger partial charge in [-0.2, -0.15) is 0 Å². The van der Waals surface area contributed by atoms with E-state index in [9.17, 15) is 24.6 Å². The number of ketones is 3. The van der Waals surface area contributed by atoms with E-state index in [1.54, 1.807) is 13.0 Å². The minimum absolute atomic E-state index is 0.00697. The molecule has 0 aromatic heterocycles. The highest BCUT2D eigenvalue weighted by Gasteiger charge is 2.56. The Morgan fingerprint density at radius 2 is 1.83 bits per heavy atom. The van der Waals surface area contributed by atoms with Gasteiger partial charge in [-0.05, 0) is 39.8 Å². The number of rotatable bonds is 4. The number of carbonyl (C=O) groups is 3. The third-order valence-electron chi connectivity index (χ3n) is 6.92. The van der Waals surface area contributed by atoms with Crippen LogP contribution >= 0.6 is 0 Å². The van der Waals surface area contributed by atoms with Gasteiger partial charge >= 0.3 is 0 Å². The molecule has 0 unspecified atom stereocenters. The molecule has 3 aliphatic rings. The number of hydrogen-bond acceptors (Lipinski definition) is 9. The van der Waals surface area contributed by atoms with Crippen molar-refractivity contribution < 1.29 is 38.8 Å². The van der Waals surface area contributed by atoms with Crippen molar-refractivity contribution in [3.8, 4) is 28.7 Å². The molecule has 9 heteroatoms. The van der Waals surface area contributed by atoms with E-state index in [-0.39, 0.29) is 52.2 Å². The lowest BCUT2D eigenvalue weighted by Gasteiger charge is -2.30. The van der Waals surface area contributed by atoms with Crippen molar-refractivity contribution in [2.75, 3.05) is 13.2 Å². The maximum Gasteiger partial charge on any atom is 0.194 e. The smallest absolute Gasteiger partial charge is 0.194 e. The number of aromatic hydroxyl groups is 2. The van der Waals surface area contributed by atoms with Crippen LogP contribution in [0.15, 0.2) is 47.4 Å². The molecule has 0 amide bonds. The van der Waals surface area contributed by atoms with E-state index in [1.165, 1.54) is 26.8 Å². The zero-order valence-electron chi connectivity index (χ0n) is 20.2. The summed E-state index contributed by atoms with van der Waals surface area (Å²) in [4.78, 5) is 39.2. The first-order valence-electron chi connectivity index (χ1n) is 11.5. The summed E-state index contributed by atoms with van der Waals surface area (Å²) in [6.45, 7) is 6.40. The Morgan fingerprint density at radius 1 is 1.14 bits per heavy atom. The van der Waals surface area contributed by atoms with Crippen LogP contribution in [0.4, 0.5) is 0 Å². The van der Waals surface area contributed by atoms with E-state index in [2.05, 4.69) is 5.32 Å². The number of benzene rings is 2. The molecule has 9 nitrogen and oxygen atoms in total. The Labute approximate surface area is 207 Å². The van der Waals surface area contributed by atoms with Gasteiger partial charge in [-0.25, -0.2) is 0 Å². The Bertz CT molecular complexity index is 1420. The monoisotopic (exact) mass is 491 g/mol. The molecule has 0 spiro atoms. The van der Waals surface area contributed by atoms with Crippen LogP contribution in [0.5, 0.6) is 28.7 Å². The highest BCUT2D eigenvalue weighted by Crippen LogP contribution is 2.57. The number of phenols is 2. The zero-order chi connectivity index (χ0) is 25.9. The Hall–Kier alpha value is -4.27. The Balaban J connectivity index is 1.49. The van der Waals surface area contributed by atoms with Gasteiger partial charge in [-0.3, -0.25) is 14.4 Å². The van der Waals surface area contributed by atoms with E-state index >= 15 is 0 Å². The minimum atomic E-state index is -1.56. The van der Waals surface area contributed by atoms with Gasteiger partial charge in [0, 0.05) is 17.3 Å².